The van der Waals surface area contributed by atoms with E-state index in [-0.39, 0.29) is 11.3 Å². The van der Waals surface area contributed by atoms with E-state index < -0.39 is 23.5 Å². The lowest BCUT2D eigenvalue weighted by molar-refractivity contribution is -0.117. The monoisotopic (exact) mass is 397 g/mol. The number of carbonyl (C=O) groups excluding carboxylic acids is 2. The van der Waals surface area contributed by atoms with Gasteiger partial charge in [-0.05, 0) is 55.8 Å². The summed E-state index contributed by atoms with van der Waals surface area (Å²) in [5, 5.41) is 11.0. The number of aliphatic hydroxyl groups excluding tert-OH is 1. The Labute approximate surface area is 165 Å². The van der Waals surface area contributed by atoms with Crippen molar-refractivity contribution < 1.29 is 23.5 Å². The SMILES string of the molecule is Cc1ccc(C2C(C(=O)c3ccco3)=C(O)C(=O)N2c2ccc(C)c(Cl)c2)o1. The fraction of sp³-hybridized carbons (Fsp3) is 0.143. The van der Waals surface area contributed by atoms with Gasteiger partial charge >= 0.3 is 0 Å². The molecule has 7 heteroatoms. The molecule has 2 aromatic heterocycles. The zero-order valence-corrected chi connectivity index (χ0v) is 15.9. The Morgan fingerprint density at radius 2 is 1.96 bits per heavy atom. The largest absolute Gasteiger partial charge is 0.503 e. The van der Waals surface area contributed by atoms with Gasteiger partial charge in [-0.1, -0.05) is 17.7 Å². The van der Waals surface area contributed by atoms with Crippen molar-refractivity contribution in [3.63, 3.8) is 0 Å². The second-order valence-corrected chi connectivity index (χ2v) is 6.94. The molecule has 1 unspecified atom stereocenters. The number of aryl methyl sites for hydroxylation is 2. The summed E-state index contributed by atoms with van der Waals surface area (Å²) in [7, 11) is 0. The summed E-state index contributed by atoms with van der Waals surface area (Å²) in [5.74, 6) is -0.963. The van der Waals surface area contributed by atoms with Gasteiger partial charge in [0.2, 0.25) is 5.78 Å². The molecule has 0 aliphatic carbocycles. The minimum atomic E-state index is -0.947. The molecule has 1 N–H and O–H groups in total. The van der Waals surface area contributed by atoms with E-state index >= 15 is 0 Å². The normalized spacial score (nSPS) is 16.9. The van der Waals surface area contributed by atoms with Crippen LogP contribution in [0.3, 0.4) is 0 Å². The molecule has 0 radical (unpaired) electrons. The molecule has 4 rings (SSSR count). The molecule has 0 bridgehead atoms. The van der Waals surface area contributed by atoms with Crippen molar-refractivity contribution in [1.29, 1.82) is 0 Å². The van der Waals surface area contributed by atoms with E-state index in [4.69, 9.17) is 20.4 Å². The number of rotatable bonds is 4. The van der Waals surface area contributed by atoms with Crippen LogP contribution in [-0.4, -0.2) is 16.8 Å². The third-order valence-corrected chi connectivity index (χ3v) is 5.07. The molecule has 0 fully saturated rings. The number of carbonyl (C=O) groups is 2. The van der Waals surface area contributed by atoms with Crippen LogP contribution in [-0.2, 0) is 4.79 Å². The molecule has 1 aromatic carbocycles. The fourth-order valence-corrected chi connectivity index (χ4v) is 3.42. The molecular formula is C21H16ClNO5. The Bertz CT molecular complexity index is 1110. The molecule has 0 saturated carbocycles. The van der Waals surface area contributed by atoms with Crippen LogP contribution in [0.15, 0.2) is 68.9 Å². The second kappa shape index (κ2) is 6.73. The molecule has 3 aromatic rings. The number of ketones is 1. The van der Waals surface area contributed by atoms with Crippen LogP contribution in [0, 0.1) is 13.8 Å². The lowest BCUT2D eigenvalue weighted by Gasteiger charge is -2.25. The standard InChI is InChI=1S/C21H16ClNO5/c1-11-5-7-13(10-14(11)22)23-18(15-8-6-12(2)28-15)17(20(25)21(23)26)19(24)16-4-3-9-27-16/h3-10,18,25H,1-2H3. The first-order valence-corrected chi connectivity index (χ1v) is 8.93. The molecule has 6 nitrogen and oxygen atoms in total. The Balaban J connectivity index is 1.88. The topological polar surface area (TPSA) is 83.9 Å². The van der Waals surface area contributed by atoms with Crippen molar-refractivity contribution in [1.82, 2.24) is 0 Å². The summed E-state index contributed by atoms with van der Waals surface area (Å²) in [5.41, 5.74) is 1.17. The van der Waals surface area contributed by atoms with Gasteiger partial charge in [-0.25, -0.2) is 0 Å². The van der Waals surface area contributed by atoms with Gasteiger partial charge in [-0.15, -0.1) is 0 Å². The van der Waals surface area contributed by atoms with Gasteiger partial charge in [-0.3, -0.25) is 14.5 Å². The number of amides is 1. The van der Waals surface area contributed by atoms with Crippen LogP contribution in [0.5, 0.6) is 0 Å². The molecule has 1 amide bonds. The minimum Gasteiger partial charge on any atom is -0.503 e. The van der Waals surface area contributed by atoms with Gasteiger partial charge in [0.25, 0.3) is 5.91 Å². The molecule has 142 valence electrons. The van der Waals surface area contributed by atoms with Crippen molar-refractivity contribution in [2.75, 3.05) is 4.90 Å². The average Bonchev–Trinajstić information content (AvgIpc) is 3.39. The number of aliphatic hydroxyl groups is 1. The number of furan rings is 2. The van der Waals surface area contributed by atoms with Crippen LogP contribution in [0.2, 0.25) is 5.02 Å². The van der Waals surface area contributed by atoms with Gasteiger partial charge in [0.05, 0.1) is 11.8 Å². The summed E-state index contributed by atoms with van der Waals surface area (Å²) in [6, 6.07) is 10.6. The maximum Gasteiger partial charge on any atom is 0.294 e. The second-order valence-electron chi connectivity index (χ2n) is 6.53. The van der Waals surface area contributed by atoms with Gasteiger partial charge in [-0.2, -0.15) is 0 Å². The highest BCUT2D eigenvalue weighted by atomic mass is 35.5. The lowest BCUT2D eigenvalue weighted by atomic mass is 9.99. The number of Topliss-reactive ketones (excluding diaryl/α,β-unsaturated/α-hetero) is 1. The van der Waals surface area contributed by atoms with E-state index in [0.717, 1.165) is 5.56 Å². The van der Waals surface area contributed by atoms with E-state index in [2.05, 4.69) is 0 Å². The summed E-state index contributed by atoms with van der Waals surface area (Å²) in [6.07, 6.45) is 1.35. The Hall–Kier alpha value is -3.25. The third kappa shape index (κ3) is 2.82. The van der Waals surface area contributed by atoms with Crippen molar-refractivity contribution in [3.8, 4) is 0 Å². The van der Waals surface area contributed by atoms with Crippen molar-refractivity contribution >= 4 is 29.0 Å². The summed E-state index contributed by atoms with van der Waals surface area (Å²) >= 11 is 6.23. The molecule has 3 heterocycles. The van der Waals surface area contributed by atoms with Crippen LogP contribution < -0.4 is 4.90 Å². The summed E-state index contributed by atoms with van der Waals surface area (Å²) in [4.78, 5) is 27.2. The zero-order chi connectivity index (χ0) is 20.0. The molecule has 0 spiro atoms. The smallest absolute Gasteiger partial charge is 0.294 e. The van der Waals surface area contributed by atoms with E-state index in [9.17, 15) is 14.7 Å². The summed E-state index contributed by atoms with van der Waals surface area (Å²) < 4.78 is 10.9. The predicted octanol–water partition coefficient (Wildman–Crippen LogP) is 4.93. The lowest BCUT2D eigenvalue weighted by Crippen LogP contribution is -2.30. The number of hydrogen-bond acceptors (Lipinski definition) is 5. The van der Waals surface area contributed by atoms with Gasteiger partial charge in [0.1, 0.15) is 17.6 Å². The van der Waals surface area contributed by atoms with Crippen molar-refractivity contribution in [3.05, 3.63) is 87.9 Å². The Morgan fingerprint density at radius 1 is 1.18 bits per heavy atom. The quantitative estimate of drug-likeness (QED) is 0.631. The third-order valence-electron chi connectivity index (χ3n) is 4.66. The zero-order valence-electron chi connectivity index (χ0n) is 15.1. The maximum atomic E-state index is 13.0. The first kappa shape index (κ1) is 18.1. The van der Waals surface area contributed by atoms with Crippen LogP contribution in [0.1, 0.15) is 33.7 Å². The fourth-order valence-electron chi connectivity index (χ4n) is 3.25. The Kier molecular flexibility index (Phi) is 4.35. The molecular weight excluding hydrogens is 382 g/mol. The van der Waals surface area contributed by atoms with Gasteiger partial charge in [0.15, 0.2) is 11.5 Å². The van der Waals surface area contributed by atoms with Crippen molar-refractivity contribution in [2.24, 2.45) is 0 Å². The number of halogens is 1. The van der Waals surface area contributed by atoms with Crippen LogP contribution in [0.4, 0.5) is 5.69 Å². The molecule has 1 atom stereocenters. The predicted molar refractivity (Wildman–Crippen MR) is 103 cm³/mol. The van der Waals surface area contributed by atoms with E-state index in [0.29, 0.717) is 22.2 Å². The number of nitrogens with zero attached hydrogens (tertiary/aromatic N) is 1. The first-order chi connectivity index (χ1) is 13.4. The Morgan fingerprint density at radius 3 is 2.57 bits per heavy atom. The van der Waals surface area contributed by atoms with E-state index in [1.165, 1.54) is 17.2 Å². The molecule has 1 aliphatic rings. The number of anilines is 1. The molecule has 1 aliphatic heterocycles. The highest BCUT2D eigenvalue weighted by Gasteiger charge is 2.46. The number of hydrogen-bond donors (Lipinski definition) is 1. The van der Waals surface area contributed by atoms with Crippen LogP contribution in [0.25, 0.3) is 0 Å². The average molecular weight is 398 g/mol. The van der Waals surface area contributed by atoms with Gasteiger partial charge < -0.3 is 13.9 Å². The maximum absolute atomic E-state index is 13.0. The number of benzene rings is 1. The molecule has 0 saturated heterocycles. The van der Waals surface area contributed by atoms with E-state index in [1.807, 2.05) is 6.92 Å². The highest BCUT2D eigenvalue weighted by Crippen LogP contribution is 2.43. The minimum absolute atomic E-state index is 0.0198. The molecule has 28 heavy (non-hydrogen) atoms. The summed E-state index contributed by atoms with van der Waals surface area (Å²) in [6.45, 7) is 3.60. The highest BCUT2D eigenvalue weighted by molar-refractivity contribution is 6.31. The van der Waals surface area contributed by atoms with E-state index in [1.54, 1.807) is 43.3 Å². The first-order valence-electron chi connectivity index (χ1n) is 8.56. The van der Waals surface area contributed by atoms with Gasteiger partial charge in [0, 0.05) is 10.7 Å². The van der Waals surface area contributed by atoms with Crippen LogP contribution >= 0.6 is 11.6 Å². The van der Waals surface area contributed by atoms with Crippen molar-refractivity contribution in [2.45, 2.75) is 19.9 Å².